The van der Waals surface area contributed by atoms with E-state index >= 15 is 0 Å². The van der Waals surface area contributed by atoms with E-state index < -0.39 is 0 Å². The molecule has 0 aromatic rings. The van der Waals surface area contributed by atoms with Crippen LogP contribution in [0.25, 0.3) is 0 Å². The monoisotopic (exact) mass is 116 g/mol. The average molecular weight is 116 g/mol. The number of hydrogen-bond acceptors (Lipinski definition) is 3. The van der Waals surface area contributed by atoms with Crippen molar-refractivity contribution in [1.82, 2.24) is 0 Å². The van der Waals surface area contributed by atoms with Crippen LogP contribution in [0.5, 0.6) is 0 Å². The SMILES string of the molecule is C/C=C\S/N=N\C. The number of hydrogen-bond donors (Lipinski definition) is 0. The minimum absolute atomic E-state index is 1.33. The molecule has 0 heterocycles. The first-order chi connectivity index (χ1) is 3.41. The summed E-state index contributed by atoms with van der Waals surface area (Å²) in [5.74, 6) is 0. The largest absolute Gasteiger partial charge is 0.185 e. The molecule has 0 unspecified atom stereocenters. The molecule has 0 aliphatic carbocycles. The normalized spacial score (nSPS) is 11.7. The van der Waals surface area contributed by atoms with E-state index in [0.29, 0.717) is 0 Å². The zero-order valence-electron chi connectivity index (χ0n) is 4.46. The fourth-order valence-corrected chi connectivity index (χ4v) is 0.406. The van der Waals surface area contributed by atoms with Crippen LogP contribution < -0.4 is 0 Å². The van der Waals surface area contributed by atoms with Crippen molar-refractivity contribution in [2.45, 2.75) is 6.92 Å². The maximum Gasteiger partial charge on any atom is 0.0498 e. The lowest BCUT2D eigenvalue weighted by molar-refractivity contribution is 1.26. The molecular formula is C4H8N2S. The van der Waals surface area contributed by atoms with Crippen LogP contribution in [0.3, 0.4) is 0 Å². The van der Waals surface area contributed by atoms with E-state index in [9.17, 15) is 0 Å². The highest BCUT2D eigenvalue weighted by Gasteiger charge is 1.63. The molecule has 2 nitrogen and oxygen atoms in total. The third kappa shape index (κ3) is 5.69. The van der Waals surface area contributed by atoms with Gasteiger partial charge in [-0.25, -0.2) is 0 Å². The lowest BCUT2D eigenvalue weighted by Crippen LogP contribution is -1.41. The zero-order valence-corrected chi connectivity index (χ0v) is 5.27. The molecule has 0 aromatic heterocycles. The van der Waals surface area contributed by atoms with Crippen LogP contribution in [0.15, 0.2) is 21.1 Å². The molecule has 0 aliphatic heterocycles. The first-order valence-corrected chi connectivity index (χ1v) is 2.81. The van der Waals surface area contributed by atoms with Gasteiger partial charge in [0.25, 0.3) is 0 Å². The van der Waals surface area contributed by atoms with Crippen molar-refractivity contribution in [3.05, 3.63) is 11.5 Å². The van der Waals surface area contributed by atoms with E-state index in [1.807, 2.05) is 18.4 Å². The van der Waals surface area contributed by atoms with Crippen molar-refractivity contribution in [3.8, 4) is 0 Å². The second kappa shape index (κ2) is 5.69. The number of rotatable bonds is 2. The molecule has 40 valence electrons. The van der Waals surface area contributed by atoms with E-state index in [1.165, 1.54) is 11.9 Å². The Morgan fingerprint density at radius 3 is 2.71 bits per heavy atom. The summed E-state index contributed by atoms with van der Waals surface area (Å²) in [4.78, 5) is 0. The molecule has 0 bridgehead atoms. The zero-order chi connectivity index (χ0) is 5.54. The van der Waals surface area contributed by atoms with Gasteiger partial charge in [-0.1, -0.05) is 6.08 Å². The maximum absolute atomic E-state index is 3.62. The van der Waals surface area contributed by atoms with Gasteiger partial charge in [-0.15, -0.1) is 4.52 Å². The quantitative estimate of drug-likeness (QED) is 0.401. The van der Waals surface area contributed by atoms with Crippen LogP contribution in [-0.4, -0.2) is 7.05 Å². The smallest absolute Gasteiger partial charge is 0.0498 e. The minimum atomic E-state index is 1.33. The van der Waals surface area contributed by atoms with Gasteiger partial charge in [-0.2, -0.15) is 5.11 Å². The summed E-state index contributed by atoms with van der Waals surface area (Å²) < 4.78 is 3.62. The molecular weight excluding hydrogens is 108 g/mol. The Morgan fingerprint density at radius 1 is 1.57 bits per heavy atom. The third-order valence-electron chi connectivity index (χ3n) is 0.326. The summed E-state index contributed by atoms with van der Waals surface area (Å²) in [5, 5.41) is 5.38. The summed E-state index contributed by atoms with van der Waals surface area (Å²) in [5.41, 5.74) is 0. The Balaban J connectivity index is 2.98. The highest BCUT2D eigenvalue weighted by Crippen LogP contribution is 2.01. The predicted octanol–water partition coefficient (Wildman–Crippen LogP) is 2.25. The fraction of sp³-hybridized carbons (Fsp3) is 0.500. The number of nitrogens with zero attached hydrogens (tertiary/aromatic N) is 2. The lowest BCUT2D eigenvalue weighted by Gasteiger charge is -1.72. The molecule has 0 saturated heterocycles. The van der Waals surface area contributed by atoms with Gasteiger partial charge < -0.3 is 0 Å². The van der Waals surface area contributed by atoms with Crippen LogP contribution in [0.4, 0.5) is 0 Å². The van der Waals surface area contributed by atoms with Gasteiger partial charge in [0, 0.05) is 19.0 Å². The van der Waals surface area contributed by atoms with Crippen LogP contribution in [-0.2, 0) is 0 Å². The molecule has 0 atom stereocenters. The van der Waals surface area contributed by atoms with Gasteiger partial charge in [0.15, 0.2) is 0 Å². The Hall–Kier alpha value is -0.310. The number of allylic oxidation sites excluding steroid dienone is 1. The molecule has 0 amide bonds. The Morgan fingerprint density at radius 2 is 2.29 bits per heavy atom. The molecule has 0 aromatic carbocycles. The lowest BCUT2D eigenvalue weighted by atomic mass is 10.8. The van der Waals surface area contributed by atoms with Crippen molar-refractivity contribution in [1.29, 1.82) is 0 Å². The highest BCUT2D eigenvalue weighted by molar-refractivity contribution is 8.00. The van der Waals surface area contributed by atoms with Crippen molar-refractivity contribution < 1.29 is 0 Å². The van der Waals surface area contributed by atoms with Crippen molar-refractivity contribution in [3.63, 3.8) is 0 Å². The predicted molar refractivity (Wildman–Crippen MR) is 33.2 cm³/mol. The molecule has 0 fully saturated rings. The summed E-state index contributed by atoms with van der Waals surface area (Å²) in [6, 6.07) is 0. The Bertz CT molecular complexity index is 67.8. The van der Waals surface area contributed by atoms with Gasteiger partial charge in [0.2, 0.25) is 0 Å². The molecule has 0 radical (unpaired) electrons. The van der Waals surface area contributed by atoms with E-state index in [0.717, 1.165) is 0 Å². The fourth-order valence-electron chi connectivity index (χ4n) is 0.135. The van der Waals surface area contributed by atoms with Crippen LogP contribution in [0.2, 0.25) is 0 Å². The molecule has 0 aliphatic rings. The Kier molecular flexibility index (Phi) is 5.44. The summed E-state index contributed by atoms with van der Waals surface area (Å²) >= 11 is 1.33. The summed E-state index contributed by atoms with van der Waals surface area (Å²) in [6.07, 6.45) is 1.92. The minimum Gasteiger partial charge on any atom is -0.185 e. The van der Waals surface area contributed by atoms with Gasteiger partial charge in [-0.05, 0) is 12.3 Å². The van der Waals surface area contributed by atoms with Crippen molar-refractivity contribution in [2.24, 2.45) is 9.63 Å². The first kappa shape index (κ1) is 6.69. The van der Waals surface area contributed by atoms with E-state index in [2.05, 4.69) is 9.63 Å². The topological polar surface area (TPSA) is 24.7 Å². The molecule has 3 heteroatoms. The van der Waals surface area contributed by atoms with Gasteiger partial charge in [0.1, 0.15) is 0 Å². The second-order valence-corrected chi connectivity index (χ2v) is 1.50. The molecule has 0 rings (SSSR count). The Labute approximate surface area is 47.8 Å². The maximum atomic E-state index is 3.62. The van der Waals surface area contributed by atoms with E-state index in [4.69, 9.17) is 0 Å². The molecule has 0 spiro atoms. The molecule has 0 saturated carbocycles. The summed E-state index contributed by atoms with van der Waals surface area (Å²) in [7, 11) is 1.65. The van der Waals surface area contributed by atoms with Crippen LogP contribution >= 0.6 is 11.9 Å². The van der Waals surface area contributed by atoms with Crippen molar-refractivity contribution >= 4 is 11.9 Å². The standard InChI is InChI=1S/C4H8N2S/c1-3-4-7-6-5-2/h3-4H,1-2H3/b4-3-,6-5-. The van der Waals surface area contributed by atoms with E-state index in [1.54, 1.807) is 7.05 Å². The summed E-state index contributed by atoms with van der Waals surface area (Å²) in [6.45, 7) is 1.94. The third-order valence-corrected chi connectivity index (χ3v) is 0.977. The van der Waals surface area contributed by atoms with Crippen LogP contribution in [0.1, 0.15) is 6.92 Å². The second-order valence-electron chi connectivity index (χ2n) is 0.856. The van der Waals surface area contributed by atoms with Gasteiger partial charge in [0.05, 0.1) is 0 Å². The highest BCUT2D eigenvalue weighted by atomic mass is 32.2. The van der Waals surface area contributed by atoms with Gasteiger partial charge >= 0.3 is 0 Å². The van der Waals surface area contributed by atoms with E-state index in [-0.39, 0.29) is 0 Å². The molecule has 0 N–H and O–H groups in total. The first-order valence-electron chi connectivity index (χ1n) is 1.98. The molecule has 7 heavy (non-hydrogen) atoms. The van der Waals surface area contributed by atoms with Crippen LogP contribution in [0, 0.1) is 0 Å². The van der Waals surface area contributed by atoms with Gasteiger partial charge in [-0.3, -0.25) is 0 Å². The van der Waals surface area contributed by atoms with Crippen molar-refractivity contribution in [2.75, 3.05) is 7.05 Å². The average Bonchev–Trinajstić information content (AvgIpc) is 1.69.